The zero-order valence-electron chi connectivity index (χ0n) is 10.4. The Hall–Kier alpha value is -2.05. The highest BCUT2D eigenvalue weighted by Gasteiger charge is 2.30. The third kappa shape index (κ3) is 4.25. The zero-order valence-corrected chi connectivity index (χ0v) is 10.4. The van der Waals surface area contributed by atoms with Crippen molar-refractivity contribution in [1.29, 1.82) is 0 Å². The molecular formula is C13H12F3NO3. The summed E-state index contributed by atoms with van der Waals surface area (Å²) in [6.45, 7) is -1.62. The van der Waals surface area contributed by atoms with Crippen LogP contribution in [0.3, 0.4) is 0 Å². The van der Waals surface area contributed by atoms with E-state index in [1.165, 1.54) is 24.3 Å². The third-order valence-corrected chi connectivity index (χ3v) is 2.70. The standard InChI is InChI=1S/C13H12F3NO3/c14-13(15,16)7-20-12(19)9-3-5-10(6-4-9)17-11(18)8-1-2-8/h3-6,8H,1-2,7H2,(H,17,18). The second-order valence-corrected chi connectivity index (χ2v) is 4.53. The molecule has 0 unspecified atom stereocenters. The van der Waals surface area contributed by atoms with Crippen molar-refractivity contribution in [3.05, 3.63) is 29.8 Å². The average molecular weight is 287 g/mol. The molecule has 1 amide bonds. The predicted octanol–water partition coefficient (Wildman–Crippen LogP) is 2.75. The number of amides is 1. The Bertz CT molecular complexity index is 507. The number of rotatable bonds is 4. The van der Waals surface area contributed by atoms with Crippen LogP contribution in [0.5, 0.6) is 0 Å². The molecule has 20 heavy (non-hydrogen) atoms. The highest BCUT2D eigenvalue weighted by Crippen LogP contribution is 2.30. The molecule has 7 heteroatoms. The fourth-order valence-corrected chi connectivity index (χ4v) is 1.51. The number of hydrogen-bond acceptors (Lipinski definition) is 3. The second-order valence-electron chi connectivity index (χ2n) is 4.53. The largest absolute Gasteiger partial charge is 0.452 e. The summed E-state index contributed by atoms with van der Waals surface area (Å²) in [6.07, 6.45) is -2.81. The number of carbonyl (C=O) groups is 2. The average Bonchev–Trinajstić information content (AvgIpc) is 3.20. The molecule has 2 rings (SSSR count). The second kappa shape index (κ2) is 5.52. The molecule has 0 bridgehead atoms. The summed E-state index contributed by atoms with van der Waals surface area (Å²) >= 11 is 0. The van der Waals surface area contributed by atoms with Gasteiger partial charge in [0.05, 0.1) is 5.56 Å². The van der Waals surface area contributed by atoms with Crippen LogP contribution >= 0.6 is 0 Å². The molecule has 0 atom stereocenters. The Kier molecular flexibility index (Phi) is 3.96. The van der Waals surface area contributed by atoms with E-state index in [1.54, 1.807) is 0 Å². The van der Waals surface area contributed by atoms with Gasteiger partial charge < -0.3 is 10.1 Å². The van der Waals surface area contributed by atoms with Gasteiger partial charge in [-0.3, -0.25) is 4.79 Å². The molecule has 1 aromatic carbocycles. The van der Waals surface area contributed by atoms with Crippen LogP contribution in [0.15, 0.2) is 24.3 Å². The predicted molar refractivity (Wildman–Crippen MR) is 64.1 cm³/mol. The molecule has 0 aromatic heterocycles. The van der Waals surface area contributed by atoms with Gasteiger partial charge in [-0.25, -0.2) is 4.79 Å². The Morgan fingerprint density at radius 1 is 1.20 bits per heavy atom. The van der Waals surface area contributed by atoms with E-state index in [2.05, 4.69) is 10.1 Å². The lowest BCUT2D eigenvalue weighted by Gasteiger charge is -2.08. The van der Waals surface area contributed by atoms with Gasteiger partial charge in [-0.15, -0.1) is 0 Å². The fraction of sp³-hybridized carbons (Fsp3) is 0.385. The van der Waals surface area contributed by atoms with Crippen LogP contribution in [0.25, 0.3) is 0 Å². The van der Waals surface area contributed by atoms with Crippen LogP contribution in [-0.2, 0) is 9.53 Å². The summed E-state index contributed by atoms with van der Waals surface area (Å²) in [6, 6.07) is 5.51. The highest BCUT2D eigenvalue weighted by molar-refractivity contribution is 5.95. The van der Waals surface area contributed by atoms with E-state index in [0.717, 1.165) is 12.8 Å². The van der Waals surface area contributed by atoms with Gasteiger partial charge in [-0.05, 0) is 37.1 Å². The molecule has 1 aliphatic rings. The molecular weight excluding hydrogens is 275 g/mol. The lowest BCUT2D eigenvalue weighted by Crippen LogP contribution is -2.20. The maximum atomic E-state index is 11.9. The lowest BCUT2D eigenvalue weighted by molar-refractivity contribution is -0.161. The molecule has 1 fully saturated rings. The molecule has 108 valence electrons. The number of anilines is 1. The Labute approximate surface area is 112 Å². The van der Waals surface area contributed by atoms with E-state index in [0.29, 0.717) is 5.69 Å². The fourth-order valence-electron chi connectivity index (χ4n) is 1.51. The van der Waals surface area contributed by atoms with Crippen LogP contribution in [0.4, 0.5) is 18.9 Å². The zero-order chi connectivity index (χ0) is 14.8. The van der Waals surface area contributed by atoms with Crippen LogP contribution in [0.1, 0.15) is 23.2 Å². The molecule has 0 saturated heterocycles. The SMILES string of the molecule is O=C(OCC(F)(F)F)c1ccc(NC(=O)C2CC2)cc1. The topological polar surface area (TPSA) is 55.4 Å². The van der Waals surface area contributed by atoms with Crippen molar-refractivity contribution < 1.29 is 27.5 Å². The van der Waals surface area contributed by atoms with E-state index < -0.39 is 18.8 Å². The first-order valence-electron chi connectivity index (χ1n) is 6.00. The van der Waals surface area contributed by atoms with Crippen LogP contribution < -0.4 is 5.32 Å². The molecule has 1 saturated carbocycles. The molecule has 0 radical (unpaired) electrons. The minimum atomic E-state index is -4.55. The molecule has 0 heterocycles. The van der Waals surface area contributed by atoms with Gasteiger partial charge in [0.2, 0.25) is 5.91 Å². The van der Waals surface area contributed by atoms with Gasteiger partial charge in [-0.2, -0.15) is 13.2 Å². The number of esters is 1. The first-order chi connectivity index (χ1) is 9.35. The van der Waals surface area contributed by atoms with E-state index in [-0.39, 0.29) is 17.4 Å². The van der Waals surface area contributed by atoms with Crippen LogP contribution in [0.2, 0.25) is 0 Å². The maximum absolute atomic E-state index is 11.9. The van der Waals surface area contributed by atoms with E-state index in [9.17, 15) is 22.8 Å². The van der Waals surface area contributed by atoms with Crippen molar-refractivity contribution in [3.8, 4) is 0 Å². The number of carbonyl (C=O) groups excluding carboxylic acids is 2. The molecule has 1 N–H and O–H groups in total. The number of hydrogen-bond donors (Lipinski definition) is 1. The van der Waals surface area contributed by atoms with Crippen LogP contribution in [-0.4, -0.2) is 24.7 Å². The van der Waals surface area contributed by atoms with Crippen molar-refractivity contribution in [3.63, 3.8) is 0 Å². The number of nitrogens with one attached hydrogen (secondary N) is 1. The van der Waals surface area contributed by atoms with Gasteiger partial charge >= 0.3 is 12.1 Å². The van der Waals surface area contributed by atoms with Gasteiger partial charge in [-0.1, -0.05) is 0 Å². The molecule has 0 aliphatic heterocycles. The molecule has 1 aliphatic carbocycles. The first-order valence-corrected chi connectivity index (χ1v) is 6.00. The Morgan fingerprint density at radius 3 is 2.30 bits per heavy atom. The van der Waals surface area contributed by atoms with Gasteiger partial charge in [0.1, 0.15) is 0 Å². The molecule has 1 aromatic rings. The third-order valence-electron chi connectivity index (χ3n) is 2.70. The quantitative estimate of drug-likeness (QED) is 0.866. The molecule has 0 spiro atoms. The normalized spacial score (nSPS) is 14.8. The number of alkyl halides is 3. The van der Waals surface area contributed by atoms with Crippen molar-refractivity contribution in [2.75, 3.05) is 11.9 Å². The first kappa shape index (κ1) is 14.4. The van der Waals surface area contributed by atoms with Gasteiger partial charge in [0, 0.05) is 11.6 Å². The van der Waals surface area contributed by atoms with Crippen molar-refractivity contribution in [2.45, 2.75) is 19.0 Å². The molecule has 4 nitrogen and oxygen atoms in total. The monoisotopic (exact) mass is 287 g/mol. The van der Waals surface area contributed by atoms with Crippen molar-refractivity contribution in [2.24, 2.45) is 5.92 Å². The summed E-state index contributed by atoms with van der Waals surface area (Å²) in [4.78, 5) is 22.8. The van der Waals surface area contributed by atoms with Crippen molar-refractivity contribution in [1.82, 2.24) is 0 Å². The summed E-state index contributed by atoms with van der Waals surface area (Å²) in [7, 11) is 0. The highest BCUT2D eigenvalue weighted by atomic mass is 19.4. The summed E-state index contributed by atoms with van der Waals surface area (Å²) in [5.74, 6) is -1.09. The van der Waals surface area contributed by atoms with Crippen molar-refractivity contribution >= 4 is 17.6 Å². The minimum Gasteiger partial charge on any atom is -0.452 e. The summed E-state index contributed by atoms with van der Waals surface area (Å²) in [5, 5.41) is 2.66. The van der Waals surface area contributed by atoms with Crippen LogP contribution in [0, 0.1) is 5.92 Å². The maximum Gasteiger partial charge on any atom is 0.422 e. The van der Waals surface area contributed by atoms with Gasteiger partial charge in [0.15, 0.2) is 6.61 Å². The lowest BCUT2D eigenvalue weighted by atomic mass is 10.2. The van der Waals surface area contributed by atoms with E-state index in [1.807, 2.05) is 0 Å². The minimum absolute atomic E-state index is 0.00123. The Balaban J connectivity index is 1.90. The number of benzene rings is 1. The Morgan fingerprint density at radius 2 is 1.80 bits per heavy atom. The van der Waals surface area contributed by atoms with E-state index in [4.69, 9.17) is 0 Å². The summed E-state index contributed by atoms with van der Waals surface area (Å²) < 4.78 is 39.8. The van der Waals surface area contributed by atoms with Gasteiger partial charge in [0.25, 0.3) is 0 Å². The number of halogens is 3. The van der Waals surface area contributed by atoms with E-state index >= 15 is 0 Å². The number of ether oxygens (including phenoxy) is 1. The summed E-state index contributed by atoms with van der Waals surface area (Å²) in [5.41, 5.74) is 0.493. The smallest absolute Gasteiger partial charge is 0.422 e.